The summed E-state index contributed by atoms with van der Waals surface area (Å²) in [5.41, 5.74) is 4.32. The number of nitrogens with one attached hydrogen (secondary N) is 1. The van der Waals surface area contributed by atoms with Gasteiger partial charge in [0.2, 0.25) is 5.91 Å². The fourth-order valence-electron chi connectivity index (χ4n) is 4.44. The molecule has 0 radical (unpaired) electrons. The number of benzene rings is 1. The van der Waals surface area contributed by atoms with Gasteiger partial charge in [-0.3, -0.25) is 4.79 Å². The maximum Gasteiger partial charge on any atom is 0.223 e. The largest absolute Gasteiger partial charge is 0.497 e. The molecule has 2 fully saturated rings. The van der Waals surface area contributed by atoms with Gasteiger partial charge in [-0.1, -0.05) is 0 Å². The number of rotatable bonds is 7. The summed E-state index contributed by atoms with van der Waals surface area (Å²) in [5, 5.41) is 6.07. The summed E-state index contributed by atoms with van der Waals surface area (Å²) in [6.07, 6.45) is 8.07. The molecule has 1 aromatic carbocycles. The van der Waals surface area contributed by atoms with Crippen LogP contribution in [0.25, 0.3) is 10.6 Å². The highest BCUT2D eigenvalue weighted by Gasteiger charge is 2.30. The molecule has 7 heteroatoms. The number of carbonyl (C=O) groups excluding carboxylic acids is 1. The second-order valence-corrected chi connectivity index (χ2v) is 9.64. The lowest BCUT2D eigenvalue weighted by molar-refractivity contribution is -0.126. The van der Waals surface area contributed by atoms with Gasteiger partial charge in [-0.2, -0.15) is 0 Å². The number of hydrogen-bond acceptors (Lipinski definition) is 6. The maximum atomic E-state index is 12.7. The Morgan fingerprint density at radius 2 is 1.69 bits per heavy atom. The number of hydrogen-bond donors (Lipinski definition) is 1. The van der Waals surface area contributed by atoms with E-state index in [0.29, 0.717) is 18.4 Å². The van der Waals surface area contributed by atoms with Gasteiger partial charge in [0.1, 0.15) is 17.1 Å². The lowest BCUT2D eigenvalue weighted by Gasteiger charge is -2.27. The number of aromatic nitrogens is 3. The molecule has 6 nitrogen and oxygen atoms in total. The maximum absolute atomic E-state index is 12.7. The van der Waals surface area contributed by atoms with Crippen LogP contribution in [0.4, 0.5) is 0 Å². The van der Waals surface area contributed by atoms with Gasteiger partial charge in [0.05, 0.1) is 19.3 Å². The minimum absolute atomic E-state index is 0.0793. The Morgan fingerprint density at radius 3 is 2.31 bits per heavy atom. The van der Waals surface area contributed by atoms with Gasteiger partial charge >= 0.3 is 0 Å². The normalized spacial score (nSPS) is 20.7. The monoisotopic (exact) mass is 448 g/mol. The summed E-state index contributed by atoms with van der Waals surface area (Å²) < 4.78 is 5.21. The van der Waals surface area contributed by atoms with Gasteiger partial charge in [0, 0.05) is 40.1 Å². The van der Waals surface area contributed by atoms with Gasteiger partial charge < -0.3 is 10.1 Å². The third-order valence-electron chi connectivity index (χ3n) is 6.55. The van der Waals surface area contributed by atoms with Crippen LogP contribution in [0.2, 0.25) is 0 Å². The van der Waals surface area contributed by atoms with Gasteiger partial charge in [-0.25, -0.2) is 15.0 Å². The van der Waals surface area contributed by atoms with Crippen LogP contribution in [0, 0.1) is 5.92 Å². The first-order chi connectivity index (χ1) is 15.7. The first kappa shape index (κ1) is 21.1. The van der Waals surface area contributed by atoms with Crippen LogP contribution in [-0.4, -0.2) is 28.0 Å². The van der Waals surface area contributed by atoms with Crippen LogP contribution < -0.4 is 10.1 Å². The molecule has 0 spiro atoms. The molecule has 0 atom stereocenters. The van der Waals surface area contributed by atoms with E-state index >= 15 is 0 Å². The Labute approximate surface area is 192 Å². The van der Waals surface area contributed by atoms with Crippen molar-refractivity contribution >= 4 is 17.2 Å². The van der Waals surface area contributed by atoms with E-state index in [4.69, 9.17) is 4.74 Å². The van der Waals surface area contributed by atoms with Crippen molar-refractivity contribution in [2.24, 2.45) is 5.92 Å². The fourth-order valence-corrected chi connectivity index (χ4v) is 5.27. The molecule has 2 heterocycles. The predicted octanol–water partition coefficient (Wildman–Crippen LogP) is 5.08. The van der Waals surface area contributed by atoms with Crippen molar-refractivity contribution in [1.29, 1.82) is 0 Å². The second-order valence-electron chi connectivity index (χ2n) is 8.78. The number of methoxy groups -OCH3 is 1. The van der Waals surface area contributed by atoms with E-state index in [1.165, 1.54) is 18.5 Å². The van der Waals surface area contributed by atoms with E-state index in [-0.39, 0.29) is 11.8 Å². The third-order valence-corrected chi connectivity index (χ3v) is 7.49. The first-order valence-corrected chi connectivity index (χ1v) is 12.3. The van der Waals surface area contributed by atoms with Gasteiger partial charge in [0.15, 0.2) is 0 Å². The van der Waals surface area contributed by atoms with Gasteiger partial charge in [-0.15, -0.1) is 11.3 Å². The van der Waals surface area contributed by atoms with Crippen LogP contribution in [0.5, 0.6) is 5.75 Å². The highest BCUT2D eigenvalue weighted by molar-refractivity contribution is 7.13. The molecule has 2 saturated carbocycles. The van der Waals surface area contributed by atoms with Crippen LogP contribution in [0.1, 0.15) is 67.4 Å². The molecular formula is C25H28N4O2S. The molecule has 1 N–H and O–H groups in total. The molecule has 2 aromatic heterocycles. The molecule has 166 valence electrons. The molecule has 5 rings (SSSR count). The number of ether oxygens (including phenoxy) is 1. The minimum atomic E-state index is 0.0793. The van der Waals surface area contributed by atoms with E-state index in [0.717, 1.165) is 53.4 Å². The number of amides is 1. The SMILES string of the molecule is COc1ccc(-c2nc(CNC(=O)C3CCC(c4cc(C5CC5)ncn4)CC3)cs2)cc1. The number of nitrogens with zero attached hydrogens (tertiary/aromatic N) is 3. The molecule has 2 aliphatic rings. The van der Waals surface area contributed by atoms with Crippen molar-refractivity contribution in [2.75, 3.05) is 7.11 Å². The molecule has 3 aromatic rings. The first-order valence-electron chi connectivity index (χ1n) is 11.4. The average molecular weight is 449 g/mol. The summed E-state index contributed by atoms with van der Waals surface area (Å²) in [6, 6.07) is 10.1. The van der Waals surface area contributed by atoms with Crippen LogP contribution in [-0.2, 0) is 11.3 Å². The van der Waals surface area contributed by atoms with Crippen LogP contribution in [0.3, 0.4) is 0 Å². The molecule has 32 heavy (non-hydrogen) atoms. The summed E-state index contributed by atoms with van der Waals surface area (Å²) >= 11 is 1.59. The topological polar surface area (TPSA) is 77.0 Å². The Morgan fingerprint density at radius 1 is 1.03 bits per heavy atom. The van der Waals surface area contributed by atoms with Crippen molar-refractivity contribution in [3.63, 3.8) is 0 Å². The molecule has 2 aliphatic carbocycles. The van der Waals surface area contributed by atoms with Crippen molar-refractivity contribution in [2.45, 2.75) is 56.9 Å². The van der Waals surface area contributed by atoms with Crippen molar-refractivity contribution in [3.8, 4) is 16.3 Å². The molecule has 0 bridgehead atoms. The standard InChI is InChI=1S/C25H28N4O2S/c1-31-21-10-8-19(9-11-21)25-29-20(14-32-25)13-26-24(30)18-6-4-17(5-7-18)23-12-22(16-2-3-16)27-15-28-23/h8-12,14-18H,2-7,13H2,1H3,(H,26,30). The molecule has 1 amide bonds. The molecule has 0 saturated heterocycles. The van der Waals surface area contributed by atoms with Gasteiger partial charge in [-0.05, 0) is 68.9 Å². The van der Waals surface area contributed by atoms with Crippen LogP contribution >= 0.6 is 11.3 Å². The molecular weight excluding hydrogens is 420 g/mol. The Hall–Kier alpha value is -2.80. The van der Waals surface area contributed by atoms with E-state index in [9.17, 15) is 4.79 Å². The van der Waals surface area contributed by atoms with Crippen molar-refractivity contribution < 1.29 is 9.53 Å². The summed E-state index contributed by atoms with van der Waals surface area (Å²) in [7, 11) is 1.66. The van der Waals surface area contributed by atoms with E-state index in [2.05, 4.69) is 26.3 Å². The Kier molecular flexibility index (Phi) is 6.17. The molecule has 0 unspecified atom stereocenters. The van der Waals surface area contributed by atoms with E-state index in [1.807, 2.05) is 29.6 Å². The number of carbonyl (C=O) groups is 1. The minimum Gasteiger partial charge on any atom is -0.497 e. The van der Waals surface area contributed by atoms with Crippen molar-refractivity contribution in [1.82, 2.24) is 20.3 Å². The highest BCUT2D eigenvalue weighted by atomic mass is 32.1. The summed E-state index contributed by atoms with van der Waals surface area (Å²) in [6.45, 7) is 0.474. The zero-order valence-corrected chi connectivity index (χ0v) is 19.1. The highest BCUT2D eigenvalue weighted by Crippen LogP contribution is 2.41. The van der Waals surface area contributed by atoms with Gasteiger partial charge in [0.25, 0.3) is 0 Å². The van der Waals surface area contributed by atoms with Crippen LogP contribution in [0.15, 0.2) is 42.0 Å². The smallest absolute Gasteiger partial charge is 0.223 e. The fraction of sp³-hybridized carbons (Fsp3) is 0.440. The lowest BCUT2D eigenvalue weighted by Crippen LogP contribution is -2.32. The molecule has 0 aliphatic heterocycles. The van der Waals surface area contributed by atoms with E-state index in [1.54, 1.807) is 24.8 Å². The summed E-state index contributed by atoms with van der Waals surface area (Å²) in [5.74, 6) is 2.15. The average Bonchev–Trinajstić information content (AvgIpc) is 3.60. The zero-order chi connectivity index (χ0) is 21.9. The predicted molar refractivity (Wildman–Crippen MR) is 125 cm³/mol. The lowest BCUT2D eigenvalue weighted by atomic mass is 9.80. The third kappa shape index (κ3) is 4.83. The quantitative estimate of drug-likeness (QED) is 0.546. The second kappa shape index (κ2) is 9.36. The number of thiazole rings is 1. The van der Waals surface area contributed by atoms with E-state index < -0.39 is 0 Å². The Balaban J connectivity index is 1.11. The Bertz CT molecular complexity index is 1070. The van der Waals surface area contributed by atoms with Crippen molar-refractivity contribution in [3.05, 3.63) is 59.1 Å². The zero-order valence-electron chi connectivity index (χ0n) is 18.3. The summed E-state index contributed by atoms with van der Waals surface area (Å²) in [4.78, 5) is 26.4.